The third kappa shape index (κ3) is 4.20. The summed E-state index contributed by atoms with van der Waals surface area (Å²) in [6.45, 7) is 3.00. The van der Waals surface area contributed by atoms with Crippen molar-refractivity contribution in [3.8, 4) is 5.75 Å². The van der Waals surface area contributed by atoms with Gasteiger partial charge in [-0.25, -0.2) is 0 Å². The van der Waals surface area contributed by atoms with Crippen molar-refractivity contribution in [3.63, 3.8) is 0 Å². The molecule has 0 aliphatic heterocycles. The first-order valence-corrected chi connectivity index (χ1v) is 6.20. The Hall–Kier alpha value is -1.26. The molecule has 1 rings (SSSR count). The zero-order valence-electron chi connectivity index (χ0n) is 11.0. The van der Waals surface area contributed by atoms with Gasteiger partial charge in [-0.15, -0.1) is 0 Å². The van der Waals surface area contributed by atoms with Gasteiger partial charge in [-0.3, -0.25) is 4.79 Å². The maximum Gasteiger partial charge on any atom is 0.221 e. The van der Waals surface area contributed by atoms with E-state index in [2.05, 4.69) is 10.6 Å². The Kier molecular flexibility index (Phi) is 5.95. The minimum absolute atomic E-state index is 0.00287. The van der Waals surface area contributed by atoms with Gasteiger partial charge in [0.05, 0.1) is 7.11 Å². The Labute approximate surface area is 113 Å². The maximum atomic E-state index is 11.5. The molecule has 0 radical (unpaired) electrons. The first-order chi connectivity index (χ1) is 8.58. The molecule has 18 heavy (non-hydrogen) atoms. The standard InChI is InChI=1S/C13H19ClN2O2/c1-9-6-12(18-3)10(7-11(9)14)8-16-13(17)4-5-15-2/h6-7,15H,4-5,8H2,1-3H3,(H,16,17). The van der Waals surface area contributed by atoms with E-state index < -0.39 is 0 Å². The average molecular weight is 271 g/mol. The second kappa shape index (κ2) is 7.24. The molecule has 0 bridgehead atoms. The van der Waals surface area contributed by atoms with Gasteiger partial charge in [0, 0.05) is 30.1 Å². The van der Waals surface area contributed by atoms with E-state index >= 15 is 0 Å². The van der Waals surface area contributed by atoms with Gasteiger partial charge in [-0.05, 0) is 31.7 Å². The predicted molar refractivity (Wildman–Crippen MR) is 73.1 cm³/mol. The zero-order chi connectivity index (χ0) is 13.5. The van der Waals surface area contributed by atoms with Crippen LogP contribution in [0.15, 0.2) is 12.1 Å². The van der Waals surface area contributed by atoms with E-state index in [4.69, 9.17) is 16.3 Å². The molecule has 2 N–H and O–H groups in total. The molecule has 100 valence electrons. The second-order valence-corrected chi connectivity index (χ2v) is 4.45. The molecule has 0 saturated heterocycles. The number of aryl methyl sites for hydroxylation is 1. The topological polar surface area (TPSA) is 50.4 Å². The van der Waals surface area contributed by atoms with Gasteiger partial charge in [-0.1, -0.05) is 11.6 Å². The molecule has 0 atom stereocenters. The van der Waals surface area contributed by atoms with E-state index in [-0.39, 0.29) is 5.91 Å². The number of amides is 1. The van der Waals surface area contributed by atoms with Gasteiger partial charge < -0.3 is 15.4 Å². The van der Waals surface area contributed by atoms with E-state index in [1.807, 2.05) is 26.1 Å². The molecule has 0 unspecified atom stereocenters. The minimum Gasteiger partial charge on any atom is -0.496 e. The van der Waals surface area contributed by atoms with Crippen molar-refractivity contribution in [2.45, 2.75) is 19.9 Å². The summed E-state index contributed by atoms with van der Waals surface area (Å²) in [5.74, 6) is 0.744. The molecule has 0 aliphatic rings. The summed E-state index contributed by atoms with van der Waals surface area (Å²) in [5.41, 5.74) is 1.84. The highest BCUT2D eigenvalue weighted by Gasteiger charge is 2.08. The third-order valence-electron chi connectivity index (χ3n) is 2.64. The van der Waals surface area contributed by atoms with E-state index in [0.717, 1.165) is 16.9 Å². The zero-order valence-corrected chi connectivity index (χ0v) is 11.7. The van der Waals surface area contributed by atoms with Crippen LogP contribution >= 0.6 is 11.6 Å². The first-order valence-electron chi connectivity index (χ1n) is 5.82. The van der Waals surface area contributed by atoms with Crippen molar-refractivity contribution >= 4 is 17.5 Å². The van der Waals surface area contributed by atoms with Crippen molar-refractivity contribution < 1.29 is 9.53 Å². The summed E-state index contributed by atoms with van der Waals surface area (Å²) >= 11 is 6.06. The summed E-state index contributed by atoms with van der Waals surface area (Å²) in [5, 5.41) is 6.44. The van der Waals surface area contributed by atoms with Crippen molar-refractivity contribution in [1.82, 2.24) is 10.6 Å². The van der Waals surface area contributed by atoms with E-state index in [0.29, 0.717) is 24.5 Å². The molecule has 0 heterocycles. The van der Waals surface area contributed by atoms with Crippen molar-refractivity contribution in [1.29, 1.82) is 0 Å². The number of methoxy groups -OCH3 is 1. The van der Waals surface area contributed by atoms with Crippen LogP contribution in [0.1, 0.15) is 17.5 Å². The molecule has 0 aromatic heterocycles. The van der Waals surface area contributed by atoms with Crippen LogP contribution in [0.5, 0.6) is 5.75 Å². The van der Waals surface area contributed by atoms with Gasteiger partial charge >= 0.3 is 0 Å². The molecule has 1 aromatic carbocycles. The highest BCUT2D eigenvalue weighted by Crippen LogP contribution is 2.26. The highest BCUT2D eigenvalue weighted by molar-refractivity contribution is 6.31. The molecule has 0 saturated carbocycles. The number of hydrogen-bond donors (Lipinski definition) is 2. The number of nitrogens with one attached hydrogen (secondary N) is 2. The average Bonchev–Trinajstić information content (AvgIpc) is 2.37. The minimum atomic E-state index is 0.00287. The summed E-state index contributed by atoms with van der Waals surface area (Å²) in [6, 6.07) is 3.70. The SMILES string of the molecule is CNCCC(=O)NCc1cc(Cl)c(C)cc1OC. The van der Waals surface area contributed by atoms with Crippen LogP contribution in [-0.2, 0) is 11.3 Å². The van der Waals surface area contributed by atoms with Crippen molar-refractivity contribution in [2.24, 2.45) is 0 Å². The molecule has 0 aliphatic carbocycles. The number of carbonyl (C=O) groups is 1. The van der Waals surface area contributed by atoms with Crippen LogP contribution in [0, 0.1) is 6.92 Å². The van der Waals surface area contributed by atoms with E-state index in [1.165, 1.54) is 0 Å². The Bertz CT molecular complexity index is 422. The highest BCUT2D eigenvalue weighted by atomic mass is 35.5. The van der Waals surface area contributed by atoms with Crippen molar-refractivity contribution in [2.75, 3.05) is 20.7 Å². The Balaban J connectivity index is 2.66. The number of carbonyl (C=O) groups excluding carboxylic acids is 1. The Morgan fingerprint density at radius 2 is 2.17 bits per heavy atom. The van der Waals surface area contributed by atoms with Gasteiger partial charge in [0.15, 0.2) is 0 Å². The van der Waals surface area contributed by atoms with E-state index in [9.17, 15) is 4.79 Å². The molecule has 4 nitrogen and oxygen atoms in total. The number of halogens is 1. The van der Waals surface area contributed by atoms with Crippen LogP contribution in [0.2, 0.25) is 5.02 Å². The van der Waals surface area contributed by atoms with Crippen LogP contribution in [0.4, 0.5) is 0 Å². The molecular formula is C13H19ClN2O2. The monoisotopic (exact) mass is 270 g/mol. The Morgan fingerprint density at radius 1 is 1.44 bits per heavy atom. The molecule has 5 heteroatoms. The Morgan fingerprint density at radius 3 is 2.78 bits per heavy atom. The lowest BCUT2D eigenvalue weighted by Gasteiger charge is -2.12. The molecular weight excluding hydrogens is 252 g/mol. The first kappa shape index (κ1) is 14.8. The van der Waals surface area contributed by atoms with Gasteiger partial charge in [-0.2, -0.15) is 0 Å². The van der Waals surface area contributed by atoms with Crippen LogP contribution < -0.4 is 15.4 Å². The summed E-state index contributed by atoms with van der Waals surface area (Å²) in [7, 11) is 3.42. The van der Waals surface area contributed by atoms with E-state index in [1.54, 1.807) is 7.11 Å². The third-order valence-corrected chi connectivity index (χ3v) is 3.05. The normalized spacial score (nSPS) is 10.2. The maximum absolute atomic E-state index is 11.5. The van der Waals surface area contributed by atoms with Crippen LogP contribution in [0.25, 0.3) is 0 Å². The van der Waals surface area contributed by atoms with Crippen molar-refractivity contribution in [3.05, 3.63) is 28.3 Å². The number of rotatable bonds is 6. The lowest BCUT2D eigenvalue weighted by atomic mass is 10.1. The smallest absolute Gasteiger partial charge is 0.221 e. The predicted octanol–water partition coefficient (Wildman–Crippen LogP) is 1.88. The molecule has 1 aromatic rings. The van der Waals surface area contributed by atoms with Gasteiger partial charge in [0.1, 0.15) is 5.75 Å². The van der Waals surface area contributed by atoms with Crippen LogP contribution in [-0.4, -0.2) is 26.6 Å². The summed E-state index contributed by atoms with van der Waals surface area (Å²) in [4.78, 5) is 11.5. The summed E-state index contributed by atoms with van der Waals surface area (Å²) < 4.78 is 5.27. The lowest BCUT2D eigenvalue weighted by Crippen LogP contribution is -2.26. The van der Waals surface area contributed by atoms with Crippen LogP contribution in [0.3, 0.4) is 0 Å². The summed E-state index contributed by atoms with van der Waals surface area (Å²) in [6.07, 6.45) is 0.457. The largest absolute Gasteiger partial charge is 0.496 e. The fraction of sp³-hybridized carbons (Fsp3) is 0.462. The second-order valence-electron chi connectivity index (χ2n) is 4.04. The van der Waals surface area contributed by atoms with Gasteiger partial charge in [0.2, 0.25) is 5.91 Å². The fourth-order valence-corrected chi connectivity index (χ4v) is 1.73. The number of benzene rings is 1. The lowest BCUT2D eigenvalue weighted by molar-refractivity contribution is -0.121. The van der Waals surface area contributed by atoms with Gasteiger partial charge in [0.25, 0.3) is 0 Å². The fourth-order valence-electron chi connectivity index (χ4n) is 1.55. The molecule has 1 amide bonds. The quantitative estimate of drug-likeness (QED) is 0.830. The number of ether oxygens (including phenoxy) is 1. The molecule has 0 spiro atoms. The molecule has 0 fully saturated rings. The number of hydrogen-bond acceptors (Lipinski definition) is 3.